The molecule has 164 valence electrons. The predicted octanol–water partition coefficient (Wildman–Crippen LogP) is 2.41. The summed E-state index contributed by atoms with van der Waals surface area (Å²) in [5.74, 6) is 1.60. The molecule has 0 aromatic heterocycles. The van der Waals surface area contributed by atoms with E-state index in [1.807, 2.05) is 0 Å². The van der Waals surface area contributed by atoms with Gasteiger partial charge >= 0.3 is 0 Å². The summed E-state index contributed by atoms with van der Waals surface area (Å²) in [6.45, 7) is 17.6. The molecule has 1 aliphatic heterocycles. The number of hydrogen-bond acceptors (Lipinski definition) is 4. The summed E-state index contributed by atoms with van der Waals surface area (Å²) in [6, 6.07) is 0. The topological polar surface area (TPSA) is 52.1 Å². The van der Waals surface area contributed by atoms with E-state index in [4.69, 9.17) is 9.73 Å². The molecule has 0 spiro atoms. The summed E-state index contributed by atoms with van der Waals surface area (Å²) in [4.78, 5) is 10.1. The van der Waals surface area contributed by atoms with Crippen LogP contribution in [0.25, 0.3) is 0 Å². The Morgan fingerprint density at radius 1 is 1.07 bits per heavy atom. The Kier molecular flexibility index (Phi) is 10.6. The van der Waals surface area contributed by atoms with Crippen LogP contribution in [0.3, 0.4) is 0 Å². The first-order valence-electron chi connectivity index (χ1n) is 11.6. The summed E-state index contributed by atoms with van der Waals surface area (Å²) in [6.07, 6.45) is 6.39. The predicted molar refractivity (Wildman–Crippen MR) is 119 cm³/mol. The quantitative estimate of drug-likeness (QED) is 0.416. The summed E-state index contributed by atoms with van der Waals surface area (Å²) in [5.41, 5.74) is 0.350. The lowest BCUT2D eigenvalue weighted by Crippen LogP contribution is -2.48. The van der Waals surface area contributed by atoms with Gasteiger partial charge in [-0.3, -0.25) is 4.99 Å². The fourth-order valence-electron chi connectivity index (χ4n) is 4.58. The second-order valence-electron chi connectivity index (χ2n) is 8.87. The van der Waals surface area contributed by atoms with Crippen LogP contribution in [0.1, 0.15) is 52.9 Å². The fraction of sp³-hybridized carbons (Fsp3) is 0.955. The first-order valence-corrected chi connectivity index (χ1v) is 11.6. The average Bonchev–Trinajstić information content (AvgIpc) is 3.18. The SMILES string of the molecule is CCNC(=NCC1(CCOC)CCCC1)NCC(C)CN1CCN(CC)CC1. The van der Waals surface area contributed by atoms with Gasteiger partial charge < -0.3 is 25.2 Å². The number of ether oxygens (including phenoxy) is 1. The number of hydrogen-bond donors (Lipinski definition) is 2. The van der Waals surface area contributed by atoms with Gasteiger partial charge in [0.1, 0.15) is 0 Å². The molecule has 2 aliphatic rings. The van der Waals surface area contributed by atoms with Crippen LogP contribution < -0.4 is 10.6 Å². The molecule has 1 unspecified atom stereocenters. The van der Waals surface area contributed by atoms with Gasteiger partial charge in [-0.15, -0.1) is 0 Å². The summed E-state index contributed by atoms with van der Waals surface area (Å²) < 4.78 is 5.36. The van der Waals surface area contributed by atoms with Crippen LogP contribution in [-0.2, 0) is 4.74 Å². The third kappa shape index (κ3) is 7.88. The van der Waals surface area contributed by atoms with Crippen molar-refractivity contribution < 1.29 is 4.74 Å². The zero-order valence-electron chi connectivity index (χ0n) is 18.9. The molecule has 2 fully saturated rings. The maximum Gasteiger partial charge on any atom is 0.191 e. The average molecular weight is 396 g/mol. The molecule has 28 heavy (non-hydrogen) atoms. The zero-order chi connectivity index (χ0) is 20.2. The highest BCUT2D eigenvalue weighted by molar-refractivity contribution is 5.79. The van der Waals surface area contributed by atoms with Gasteiger partial charge in [-0.25, -0.2) is 0 Å². The Balaban J connectivity index is 1.78. The maximum atomic E-state index is 5.36. The minimum Gasteiger partial charge on any atom is -0.385 e. The lowest BCUT2D eigenvalue weighted by Gasteiger charge is -2.35. The van der Waals surface area contributed by atoms with Crippen molar-refractivity contribution in [2.24, 2.45) is 16.3 Å². The van der Waals surface area contributed by atoms with Gasteiger partial charge in [0.25, 0.3) is 0 Å². The van der Waals surface area contributed by atoms with Crippen molar-refractivity contribution in [3.8, 4) is 0 Å². The standard InChI is InChI=1S/C22H45N5O/c1-5-23-21(25-19-22(11-16-28-4)9-7-8-10-22)24-17-20(3)18-27-14-12-26(6-2)13-15-27/h20H,5-19H2,1-4H3,(H2,23,24,25). The zero-order valence-corrected chi connectivity index (χ0v) is 18.9. The van der Waals surface area contributed by atoms with Crippen LogP contribution in [0.5, 0.6) is 0 Å². The Labute approximate surface area is 173 Å². The molecular weight excluding hydrogens is 350 g/mol. The van der Waals surface area contributed by atoms with Crippen molar-refractivity contribution in [3.05, 3.63) is 0 Å². The highest BCUT2D eigenvalue weighted by Crippen LogP contribution is 2.41. The molecule has 0 aromatic carbocycles. The van der Waals surface area contributed by atoms with E-state index in [1.54, 1.807) is 7.11 Å². The number of aliphatic imine (C=N–C) groups is 1. The first kappa shape index (κ1) is 23.4. The molecule has 0 amide bonds. The van der Waals surface area contributed by atoms with Crippen molar-refractivity contribution in [3.63, 3.8) is 0 Å². The van der Waals surface area contributed by atoms with E-state index in [2.05, 4.69) is 41.2 Å². The molecule has 2 rings (SSSR count). The lowest BCUT2D eigenvalue weighted by atomic mass is 9.83. The summed E-state index contributed by atoms with van der Waals surface area (Å²) >= 11 is 0. The number of rotatable bonds is 11. The van der Waals surface area contributed by atoms with Crippen LogP contribution in [0, 0.1) is 11.3 Å². The lowest BCUT2D eigenvalue weighted by molar-refractivity contribution is 0.124. The van der Waals surface area contributed by atoms with Crippen LogP contribution in [-0.4, -0.2) is 88.4 Å². The molecule has 1 saturated heterocycles. The van der Waals surface area contributed by atoms with Gasteiger partial charge in [0, 0.05) is 66.1 Å². The van der Waals surface area contributed by atoms with Gasteiger partial charge in [-0.05, 0) is 44.1 Å². The molecule has 1 aliphatic carbocycles. The fourth-order valence-corrected chi connectivity index (χ4v) is 4.58. The Hall–Kier alpha value is -0.850. The van der Waals surface area contributed by atoms with Crippen LogP contribution in [0.2, 0.25) is 0 Å². The molecule has 1 atom stereocenters. The smallest absolute Gasteiger partial charge is 0.191 e. The number of methoxy groups -OCH3 is 1. The van der Waals surface area contributed by atoms with Gasteiger partial charge in [-0.1, -0.05) is 26.7 Å². The van der Waals surface area contributed by atoms with Gasteiger partial charge in [0.05, 0.1) is 0 Å². The number of piperazine rings is 1. The first-order chi connectivity index (χ1) is 13.6. The minimum atomic E-state index is 0.350. The van der Waals surface area contributed by atoms with E-state index in [0.717, 1.165) is 38.6 Å². The van der Waals surface area contributed by atoms with E-state index in [1.165, 1.54) is 65.0 Å². The normalized spacial score (nSPS) is 22.4. The Bertz CT molecular complexity index is 442. The van der Waals surface area contributed by atoms with Crippen LogP contribution in [0.4, 0.5) is 0 Å². The maximum absolute atomic E-state index is 5.36. The van der Waals surface area contributed by atoms with Crippen molar-refractivity contribution in [2.45, 2.75) is 52.9 Å². The molecule has 6 nitrogen and oxygen atoms in total. The second-order valence-corrected chi connectivity index (χ2v) is 8.87. The van der Waals surface area contributed by atoms with Gasteiger partial charge in [-0.2, -0.15) is 0 Å². The van der Waals surface area contributed by atoms with Crippen LogP contribution >= 0.6 is 0 Å². The van der Waals surface area contributed by atoms with Crippen molar-refractivity contribution >= 4 is 5.96 Å². The van der Waals surface area contributed by atoms with E-state index in [9.17, 15) is 0 Å². The van der Waals surface area contributed by atoms with E-state index >= 15 is 0 Å². The number of likely N-dealkylation sites (N-methyl/N-ethyl adjacent to an activating group) is 1. The number of nitrogens with zero attached hydrogens (tertiary/aromatic N) is 3. The molecule has 0 bridgehead atoms. The summed E-state index contributed by atoms with van der Waals surface area (Å²) in [5, 5.41) is 7.04. The highest BCUT2D eigenvalue weighted by atomic mass is 16.5. The Morgan fingerprint density at radius 3 is 2.36 bits per heavy atom. The Morgan fingerprint density at radius 2 is 1.75 bits per heavy atom. The van der Waals surface area contributed by atoms with Gasteiger partial charge in [0.15, 0.2) is 5.96 Å². The van der Waals surface area contributed by atoms with E-state index < -0.39 is 0 Å². The largest absolute Gasteiger partial charge is 0.385 e. The summed E-state index contributed by atoms with van der Waals surface area (Å²) in [7, 11) is 1.81. The van der Waals surface area contributed by atoms with Gasteiger partial charge in [0.2, 0.25) is 0 Å². The highest BCUT2D eigenvalue weighted by Gasteiger charge is 2.33. The molecular formula is C22H45N5O. The molecule has 1 saturated carbocycles. The second kappa shape index (κ2) is 12.7. The molecule has 0 radical (unpaired) electrons. The van der Waals surface area contributed by atoms with Crippen molar-refractivity contribution in [1.82, 2.24) is 20.4 Å². The van der Waals surface area contributed by atoms with E-state index in [0.29, 0.717) is 11.3 Å². The molecule has 0 aromatic rings. The van der Waals surface area contributed by atoms with Crippen LogP contribution in [0.15, 0.2) is 4.99 Å². The minimum absolute atomic E-state index is 0.350. The molecule has 6 heteroatoms. The number of guanidine groups is 1. The third-order valence-electron chi connectivity index (χ3n) is 6.52. The molecule has 2 N–H and O–H groups in total. The van der Waals surface area contributed by atoms with Crippen molar-refractivity contribution in [1.29, 1.82) is 0 Å². The third-order valence-corrected chi connectivity index (χ3v) is 6.52. The van der Waals surface area contributed by atoms with Crippen molar-refractivity contribution in [2.75, 3.05) is 72.6 Å². The van der Waals surface area contributed by atoms with E-state index in [-0.39, 0.29) is 0 Å². The number of nitrogens with one attached hydrogen (secondary N) is 2. The molecule has 1 heterocycles. The monoisotopic (exact) mass is 395 g/mol.